The van der Waals surface area contributed by atoms with Crippen LogP contribution in [0.25, 0.3) is 0 Å². The predicted molar refractivity (Wildman–Crippen MR) is 100 cm³/mol. The number of nitrogens with zero attached hydrogens (tertiary/aromatic N) is 3. The van der Waals surface area contributed by atoms with Gasteiger partial charge in [-0.3, -0.25) is 5.01 Å². The van der Waals surface area contributed by atoms with Crippen molar-refractivity contribution in [3.63, 3.8) is 0 Å². The van der Waals surface area contributed by atoms with E-state index >= 15 is 0 Å². The first-order valence-corrected chi connectivity index (χ1v) is 8.62. The third kappa shape index (κ3) is 3.82. The van der Waals surface area contributed by atoms with E-state index in [0.717, 1.165) is 31.7 Å². The second-order valence-corrected chi connectivity index (χ2v) is 6.43. The van der Waals surface area contributed by atoms with Crippen molar-refractivity contribution in [3.05, 3.63) is 52.5 Å². The van der Waals surface area contributed by atoms with Gasteiger partial charge in [0.25, 0.3) is 0 Å². The van der Waals surface area contributed by atoms with Gasteiger partial charge in [0.1, 0.15) is 0 Å². The number of anilines is 1. The highest BCUT2D eigenvalue weighted by Gasteiger charge is 2.15. The number of hydrazone groups is 1. The Kier molecular flexibility index (Phi) is 5.25. The molecule has 24 heavy (non-hydrogen) atoms. The number of benzene rings is 2. The summed E-state index contributed by atoms with van der Waals surface area (Å²) in [6, 6.07) is 14.0. The highest BCUT2D eigenvalue weighted by atomic mass is 79.9. The summed E-state index contributed by atoms with van der Waals surface area (Å²) in [4.78, 5) is 2.37. The zero-order valence-corrected chi connectivity index (χ0v) is 15.1. The predicted octanol–water partition coefficient (Wildman–Crippen LogP) is 3.32. The summed E-state index contributed by atoms with van der Waals surface area (Å²) in [5.74, 6) is 0.533. The third-order valence-electron chi connectivity index (χ3n) is 4.02. The van der Waals surface area contributed by atoms with Crippen LogP contribution < -0.4 is 9.64 Å². The van der Waals surface area contributed by atoms with Crippen LogP contribution in [0.1, 0.15) is 5.56 Å². The van der Waals surface area contributed by atoms with Gasteiger partial charge in [0.15, 0.2) is 11.5 Å². The number of para-hydroxylation sites is 1. The number of piperazine rings is 1. The summed E-state index contributed by atoms with van der Waals surface area (Å²) in [5, 5.41) is 16.5. The molecule has 0 spiro atoms. The Morgan fingerprint density at radius 3 is 2.50 bits per heavy atom. The molecule has 1 N–H and O–H groups in total. The molecule has 1 saturated heterocycles. The molecule has 0 saturated carbocycles. The molecule has 0 bridgehead atoms. The SMILES string of the molecule is COc1cc(/C=N\N2CCN(c3ccccc3)CC2)cc(Br)c1O. The average Bonchev–Trinajstić information content (AvgIpc) is 2.63. The number of hydrogen-bond acceptors (Lipinski definition) is 5. The molecular weight excluding hydrogens is 370 g/mol. The molecule has 0 atom stereocenters. The summed E-state index contributed by atoms with van der Waals surface area (Å²) >= 11 is 3.33. The fourth-order valence-electron chi connectivity index (χ4n) is 2.68. The maximum atomic E-state index is 9.84. The van der Waals surface area contributed by atoms with Crippen molar-refractivity contribution in [2.24, 2.45) is 5.10 Å². The fraction of sp³-hybridized carbons (Fsp3) is 0.278. The lowest BCUT2D eigenvalue weighted by Crippen LogP contribution is -2.44. The van der Waals surface area contributed by atoms with Gasteiger partial charge in [-0.1, -0.05) is 18.2 Å². The minimum Gasteiger partial charge on any atom is -0.503 e. The number of phenols is 1. The quantitative estimate of drug-likeness (QED) is 0.814. The zero-order valence-electron chi connectivity index (χ0n) is 13.5. The summed E-state index contributed by atoms with van der Waals surface area (Å²) in [7, 11) is 1.53. The first-order valence-electron chi connectivity index (χ1n) is 7.83. The maximum Gasteiger partial charge on any atom is 0.172 e. The fourth-order valence-corrected chi connectivity index (χ4v) is 3.14. The van der Waals surface area contributed by atoms with E-state index < -0.39 is 0 Å². The Balaban J connectivity index is 1.62. The highest BCUT2D eigenvalue weighted by molar-refractivity contribution is 9.10. The van der Waals surface area contributed by atoms with Gasteiger partial charge in [-0.15, -0.1) is 0 Å². The minimum atomic E-state index is 0.103. The number of methoxy groups -OCH3 is 1. The second kappa shape index (κ2) is 7.57. The van der Waals surface area contributed by atoms with Crippen LogP contribution in [0.2, 0.25) is 0 Å². The first-order chi connectivity index (χ1) is 11.7. The van der Waals surface area contributed by atoms with E-state index in [4.69, 9.17) is 4.74 Å². The molecular formula is C18H20BrN3O2. The summed E-state index contributed by atoms with van der Waals surface area (Å²) in [6.45, 7) is 3.65. The van der Waals surface area contributed by atoms with Gasteiger partial charge in [0.05, 0.1) is 30.9 Å². The van der Waals surface area contributed by atoms with Gasteiger partial charge in [-0.05, 0) is 45.8 Å². The Bertz CT molecular complexity index is 714. The molecule has 6 heteroatoms. The molecule has 0 amide bonds. The Labute approximate surface area is 150 Å². The maximum absolute atomic E-state index is 9.84. The number of phenolic OH excluding ortho intramolecular Hbond substituents is 1. The number of halogens is 1. The molecule has 1 aliphatic heterocycles. The van der Waals surface area contributed by atoms with Crippen molar-refractivity contribution in [3.8, 4) is 11.5 Å². The lowest BCUT2D eigenvalue weighted by Gasteiger charge is -2.34. The Morgan fingerprint density at radius 2 is 1.83 bits per heavy atom. The summed E-state index contributed by atoms with van der Waals surface area (Å²) in [6.07, 6.45) is 1.80. The van der Waals surface area contributed by atoms with Crippen LogP contribution in [0.5, 0.6) is 11.5 Å². The molecule has 1 fully saturated rings. The number of aromatic hydroxyl groups is 1. The summed E-state index contributed by atoms with van der Waals surface area (Å²) in [5.41, 5.74) is 2.13. The largest absolute Gasteiger partial charge is 0.503 e. The Hall–Kier alpha value is -2.21. The van der Waals surface area contributed by atoms with Crippen LogP contribution in [0.3, 0.4) is 0 Å². The minimum absolute atomic E-state index is 0.103. The van der Waals surface area contributed by atoms with Gasteiger partial charge in [0.2, 0.25) is 0 Å². The van der Waals surface area contributed by atoms with Crippen LogP contribution in [0, 0.1) is 0 Å². The first kappa shape index (κ1) is 16.6. The van der Waals surface area contributed by atoms with E-state index in [1.807, 2.05) is 12.1 Å². The van der Waals surface area contributed by atoms with Crippen molar-refractivity contribution >= 4 is 27.8 Å². The Morgan fingerprint density at radius 1 is 1.12 bits per heavy atom. The molecule has 2 aromatic rings. The molecule has 2 aromatic carbocycles. The van der Waals surface area contributed by atoms with E-state index in [-0.39, 0.29) is 5.75 Å². The van der Waals surface area contributed by atoms with Crippen molar-refractivity contribution in [2.45, 2.75) is 0 Å². The van der Waals surface area contributed by atoms with Gasteiger partial charge in [0, 0.05) is 18.8 Å². The normalized spacial score (nSPS) is 15.1. The van der Waals surface area contributed by atoms with Gasteiger partial charge in [-0.2, -0.15) is 5.10 Å². The van der Waals surface area contributed by atoms with Gasteiger partial charge in [-0.25, -0.2) is 0 Å². The average molecular weight is 390 g/mol. The van der Waals surface area contributed by atoms with Crippen LogP contribution in [0.4, 0.5) is 5.69 Å². The van der Waals surface area contributed by atoms with Crippen LogP contribution in [-0.4, -0.2) is 49.6 Å². The van der Waals surface area contributed by atoms with Crippen LogP contribution in [0.15, 0.2) is 52.0 Å². The summed E-state index contributed by atoms with van der Waals surface area (Å²) < 4.78 is 5.75. The highest BCUT2D eigenvalue weighted by Crippen LogP contribution is 2.34. The second-order valence-electron chi connectivity index (χ2n) is 5.57. The van der Waals surface area contributed by atoms with E-state index in [0.29, 0.717) is 10.2 Å². The van der Waals surface area contributed by atoms with Crippen LogP contribution >= 0.6 is 15.9 Å². The molecule has 0 aromatic heterocycles. The topological polar surface area (TPSA) is 48.3 Å². The monoisotopic (exact) mass is 389 g/mol. The number of ether oxygens (including phenoxy) is 1. The smallest absolute Gasteiger partial charge is 0.172 e. The standard InChI is InChI=1S/C18H20BrN3O2/c1-24-17-12-14(11-16(19)18(17)23)13-20-22-9-7-21(8-10-22)15-5-3-2-4-6-15/h2-6,11-13,23H,7-10H2,1H3/b20-13-. The van der Waals surface area contributed by atoms with Gasteiger partial charge < -0.3 is 14.7 Å². The van der Waals surface area contributed by atoms with Crippen LogP contribution in [-0.2, 0) is 0 Å². The molecule has 0 aliphatic carbocycles. The van der Waals surface area contributed by atoms with Crippen molar-refractivity contribution in [1.29, 1.82) is 0 Å². The van der Waals surface area contributed by atoms with E-state index in [1.165, 1.54) is 12.8 Å². The van der Waals surface area contributed by atoms with Crippen molar-refractivity contribution < 1.29 is 9.84 Å². The molecule has 0 unspecified atom stereocenters. The lowest BCUT2D eigenvalue weighted by molar-refractivity contribution is 0.272. The molecule has 0 radical (unpaired) electrons. The van der Waals surface area contributed by atoms with Gasteiger partial charge >= 0.3 is 0 Å². The van der Waals surface area contributed by atoms with E-state index in [9.17, 15) is 5.11 Å². The third-order valence-corrected chi connectivity index (χ3v) is 4.62. The lowest BCUT2D eigenvalue weighted by atomic mass is 10.2. The van der Waals surface area contributed by atoms with E-state index in [2.05, 4.69) is 55.2 Å². The van der Waals surface area contributed by atoms with Crippen molar-refractivity contribution in [2.75, 3.05) is 38.2 Å². The van der Waals surface area contributed by atoms with Crippen molar-refractivity contribution in [1.82, 2.24) is 5.01 Å². The molecule has 1 heterocycles. The molecule has 1 aliphatic rings. The molecule has 3 rings (SSSR count). The molecule has 126 valence electrons. The molecule has 5 nitrogen and oxygen atoms in total. The zero-order chi connectivity index (χ0) is 16.9. The van der Waals surface area contributed by atoms with E-state index in [1.54, 1.807) is 12.3 Å². The number of rotatable bonds is 4. The number of hydrogen-bond donors (Lipinski definition) is 1.